The minimum atomic E-state index is -1.61. The van der Waals surface area contributed by atoms with Crippen molar-refractivity contribution in [3.05, 3.63) is 12.2 Å². The molecule has 2 aliphatic rings. The minimum Gasteiger partial charge on any atom is -0.481 e. The van der Waals surface area contributed by atoms with Gasteiger partial charge in [-0.3, -0.25) is 9.59 Å². The van der Waals surface area contributed by atoms with Crippen LogP contribution in [0.2, 0.25) is 0 Å². The predicted molar refractivity (Wildman–Crippen MR) is 208 cm³/mol. The molecule has 56 heavy (non-hydrogen) atoms. The Labute approximate surface area is 334 Å². The highest BCUT2D eigenvalue weighted by Crippen LogP contribution is 2.32. The van der Waals surface area contributed by atoms with Crippen LogP contribution in [0.1, 0.15) is 163 Å². The van der Waals surface area contributed by atoms with Gasteiger partial charge in [-0.15, -0.1) is 0 Å². The largest absolute Gasteiger partial charge is 0.481 e. The van der Waals surface area contributed by atoms with Crippen molar-refractivity contribution >= 4 is 17.9 Å². The van der Waals surface area contributed by atoms with E-state index in [1.54, 1.807) is 13.0 Å². The fourth-order valence-corrected chi connectivity index (χ4v) is 7.04. The molecule has 2 aliphatic heterocycles. The van der Waals surface area contributed by atoms with Crippen LogP contribution < -0.4 is 0 Å². The lowest BCUT2D eigenvalue weighted by Crippen LogP contribution is -2.64. The average Bonchev–Trinajstić information content (AvgIpc) is 3.15. The number of allylic oxidation sites excluding steroid dienone is 1. The van der Waals surface area contributed by atoms with Crippen molar-refractivity contribution < 1.29 is 68.3 Å². The molecular weight excluding hydrogens is 728 g/mol. The van der Waals surface area contributed by atoms with E-state index in [0.29, 0.717) is 25.7 Å². The fourth-order valence-electron chi connectivity index (χ4n) is 7.04. The van der Waals surface area contributed by atoms with Crippen LogP contribution in [0.3, 0.4) is 0 Å². The summed E-state index contributed by atoms with van der Waals surface area (Å²) in [5.41, 5.74) is 0. The maximum Gasteiger partial charge on any atom is 0.330 e. The van der Waals surface area contributed by atoms with E-state index in [0.717, 1.165) is 89.9 Å². The first kappa shape index (κ1) is 50.0. The number of esters is 2. The minimum absolute atomic E-state index is 0.230. The van der Waals surface area contributed by atoms with E-state index in [-0.39, 0.29) is 12.8 Å². The Morgan fingerprint density at radius 3 is 1.68 bits per heavy atom. The molecule has 2 saturated heterocycles. The first-order valence-electron chi connectivity index (χ1n) is 21.4. The maximum atomic E-state index is 13.4. The Morgan fingerprint density at radius 2 is 1.12 bits per heavy atom. The molecule has 0 aromatic heterocycles. The number of aliphatic hydroxyl groups is 4. The molecular formula is C42H74O14. The van der Waals surface area contributed by atoms with Crippen LogP contribution in [0.5, 0.6) is 0 Å². The van der Waals surface area contributed by atoms with Gasteiger partial charge in [0.15, 0.2) is 18.7 Å². The van der Waals surface area contributed by atoms with Gasteiger partial charge >= 0.3 is 17.9 Å². The number of unbranched alkanes of at least 4 members (excludes halogenated alkanes) is 13. The van der Waals surface area contributed by atoms with Crippen molar-refractivity contribution in [3.8, 4) is 0 Å². The van der Waals surface area contributed by atoms with Crippen molar-refractivity contribution in [2.45, 2.75) is 237 Å². The van der Waals surface area contributed by atoms with Crippen LogP contribution in [0.15, 0.2) is 12.2 Å². The SMILES string of the molecule is CCCCCCCC=CC(=O)OC1C(OC2C(OC(CCCCCCC)CC(=O)OC(CCCCCCC)CC(=O)O)OC(C)C(O)C2O)OC(C)C(O)C1O. The summed E-state index contributed by atoms with van der Waals surface area (Å²) in [5.74, 6) is -2.48. The summed E-state index contributed by atoms with van der Waals surface area (Å²) >= 11 is 0. The number of carbonyl (C=O) groups is 3. The summed E-state index contributed by atoms with van der Waals surface area (Å²) in [7, 11) is 0. The van der Waals surface area contributed by atoms with Crippen LogP contribution in [0, 0.1) is 0 Å². The van der Waals surface area contributed by atoms with E-state index < -0.39 is 91.5 Å². The molecule has 0 spiro atoms. The number of aliphatic carboxylic acids is 1. The van der Waals surface area contributed by atoms with Crippen LogP contribution in [0.25, 0.3) is 0 Å². The van der Waals surface area contributed by atoms with Gasteiger partial charge < -0.3 is 54.0 Å². The van der Waals surface area contributed by atoms with Crippen LogP contribution in [-0.2, 0) is 42.8 Å². The number of carboxylic acid groups (broad SMARTS) is 1. The van der Waals surface area contributed by atoms with Gasteiger partial charge in [-0.2, -0.15) is 0 Å². The van der Waals surface area contributed by atoms with Crippen molar-refractivity contribution in [2.75, 3.05) is 0 Å². The summed E-state index contributed by atoms with van der Waals surface area (Å²) in [6.07, 6.45) is 3.27. The third-order valence-corrected chi connectivity index (χ3v) is 10.5. The molecule has 14 nitrogen and oxygen atoms in total. The second-order valence-electron chi connectivity index (χ2n) is 15.6. The molecule has 12 unspecified atom stereocenters. The first-order chi connectivity index (χ1) is 26.8. The Balaban J connectivity index is 2.25. The van der Waals surface area contributed by atoms with Gasteiger partial charge in [-0.1, -0.05) is 110 Å². The molecule has 0 bridgehead atoms. The summed E-state index contributed by atoms with van der Waals surface area (Å²) in [6.45, 7) is 9.40. The van der Waals surface area contributed by atoms with Crippen molar-refractivity contribution in [3.63, 3.8) is 0 Å². The summed E-state index contributed by atoms with van der Waals surface area (Å²) < 4.78 is 35.7. The fraction of sp³-hybridized carbons (Fsp3) is 0.881. The van der Waals surface area contributed by atoms with Gasteiger partial charge in [0.25, 0.3) is 0 Å². The van der Waals surface area contributed by atoms with Gasteiger partial charge in [-0.25, -0.2) is 4.79 Å². The number of hydrogen-bond acceptors (Lipinski definition) is 13. The molecule has 2 rings (SSSR count). The number of carboxylic acids is 1. The summed E-state index contributed by atoms with van der Waals surface area (Å²) in [4.78, 5) is 37.8. The number of ether oxygens (including phenoxy) is 6. The zero-order valence-corrected chi connectivity index (χ0v) is 34.6. The Bertz CT molecular complexity index is 1120. The van der Waals surface area contributed by atoms with Gasteiger partial charge in [0, 0.05) is 6.08 Å². The number of aliphatic hydroxyl groups excluding tert-OH is 4. The Morgan fingerprint density at radius 1 is 0.625 bits per heavy atom. The molecule has 5 N–H and O–H groups in total. The number of carbonyl (C=O) groups excluding carboxylic acids is 2. The molecule has 0 aliphatic carbocycles. The second-order valence-corrected chi connectivity index (χ2v) is 15.6. The van der Waals surface area contributed by atoms with Gasteiger partial charge in [0.1, 0.15) is 36.6 Å². The summed E-state index contributed by atoms with van der Waals surface area (Å²) in [5, 5.41) is 53.3. The summed E-state index contributed by atoms with van der Waals surface area (Å²) in [6, 6.07) is 0. The van der Waals surface area contributed by atoms with Gasteiger partial charge in [0.2, 0.25) is 0 Å². The highest BCUT2D eigenvalue weighted by Gasteiger charge is 2.51. The van der Waals surface area contributed by atoms with Crippen molar-refractivity contribution in [1.82, 2.24) is 0 Å². The zero-order chi connectivity index (χ0) is 41.5. The second kappa shape index (κ2) is 28.3. The highest BCUT2D eigenvalue weighted by molar-refractivity contribution is 5.82. The predicted octanol–water partition coefficient (Wildman–Crippen LogP) is 6.02. The molecule has 0 amide bonds. The Hall–Kier alpha value is -2.17. The van der Waals surface area contributed by atoms with Gasteiger partial charge in [0.05, 0.1) is 31.2 Å². The standard InChI is InChI=1S/C42H74O14/c1-6-9-12-15-16-19-22-25-33(45)55-39-37(49)35(47)29(5)52-42(39)56-40-38(50)36(48)28(4)51-41(40)54-31(24-21-18-14-11-8-3)27-34(46)53-30(26-32(43)44)23-20-17-13-10-7-2/h22,25,28-31,35-42,47-50H,6-21,23-24,26-27H2,1-5H3,(H,43,44). The molecule has 0 aromatic rings. The maximum absolute atomic E-state index is 13.4. The molecule has 12 atom stereocenters. The molecule has 0 saturated carbocycles. The zero-order valence-electron chi connectivity index (χ0n) is 34.6. The van der Waals surface area contributed by atoms with Crippen molar-refractivity contribution in [2.24, 2.45) is 0 Å². The first-order valence-corrected chi connectivity index (χ1v) is 21.4. The van der Waals surface area contributed by atoms with E-state index in [4.69, 9.17) is 28.4 Å². The number of rotatable bonds is 29. The smallest absolute Gasteiger partial charge is 0.330 e. The van der Waals surface area contributed by atoms with Crippen molar-refractivity contribution in [1.29, 1.82) is 0 Å². The molecule has 2 fully saturated rings. The van der Waals surface area contributed by atoms with E-state index in [9.17, 15) is 39.9 Å². The molecule has 326 valence electrons. The van der Waals surface area contributed by atoms with Gasteiger partial charge in [-0.05, 0) is 46.0 Å². The molecule has 2 heterocycles. The van der Waals surface area contributed by atoms with Crippen LogP contribution in [-0.4, -0.2) is 117 Å². The van der Waals surface area contributed by atoms with E-state index in [2.05, 4.69) is 20.8 Å². The molecule has 0 radical (unpaired) electrons. The highest BCUT2D eigenvalue weighted by atomic mass is 16.8. The van der Waals surface area contributed by atoms with E-state index >= 15 is 0 Å². The number of hydrogen-bond donors (Lipinski definition) is 5. The molecule has 14 heteroatoms. The molecule has 0 aromatic carbocycles. The average molecular weight is 803 g/mol. The third kappa shape index (κ3) is 18.6. The van der Waals surface area contributed by atoms with Crippen LogP contribution in [0.4, 0.5) is 0 Å². The van der Waals surface area contributed by atoms with E-state index in [1.807, 2.05) is 0 Å². The van der Waals surface area contributed by atoms with E-state index in [1.165, 1.54) is 13.0 Å². The normalized spacial score (nSPS) is 29.2. The lowest BCUT2D eigenvalue weighted by Gasteiger charge is -2.46. The topological polar surface area (TPSA) is 208 Å². The lowest BCUT2D eigenvalue weighted by atomic mass is 9.97. The Kier molecular flexibility index (Phi) is 25.2. The quantitative estimate of drug-likeness (QED) is 0.0333. The van der Waals surface area contributed by atoms with Crippen LogP contribution >= 0.6 is 0 Å². The third-order valence-electron chi connectivity index (χ3n) is 10.5. The lowest BCUT2D eigenvalue weighted by molar-refractivity contribution is -0.366. The monoisotopic (exact) mass is 803 g/mol.